The molecular formula is C29H18ClFN6O7S2. The van der Waals surface area contributed by atoms with Gasteiger partial charge in [-0.25, -0.2) is 18.9 Å². The molecule has 0 unspecified atom stereocenters. The lowest BCUT2D eigenvalue weighted by molar-refractivity contribution is -0.384. The minimum atomic E-state index is -1.80. The van der Waals surface area contributed by atoms with Gasteiger partial charge in [0.25, 0.3) is 5.69 Å². The number of carboxylic acid groups (broad SMARTS) is 1. The normalized spacial score (nSPS) is 13.7. The zero-order valence-corrected chi connectivity index (χ0v) is 25.5. The number of nitro groups is 2. The Morgan fingerprint density at radius 3 is 2.37 bits per heavy atom. The van der Waals surface area contributed by atoms with Crippen LogP contribution in [0.4, 0.5) is 15.8 Å². The van der Waals surface area contributed by atoms with Crippen LogP contribution >= 0.6 is 35.1 Å². The van der Waals surface area contributed by atoms with Gasteiger partial charge in [0.2, 0.25) is 11.1 Å². The number of hydrogen-bond donors (Lipinski definition) is 1. The third-order valence-electron chi connectivity index (χ3n) is 6.25. The first-order chi connectivity index (χ1) is 22.0. The maximum atomic E-state index is 13.9. The van der Waals surface area contributed by atoms with E-state index in [0.29, 0.717) is 10.6 Å². The Morgan fingerprint density at radius 2 is 1.76 bits per heavy atom. The molecular weight excluding hydrogens is 663 g/mol. The summed E-state index contributed by atoms with van der Waals surface area (Å²) in [4.78, 5) is 49.2. The molecule has 2 heterocycles. The van der Waals surface area contributed by atoms with E-state index in [1.807, 2.05) is 0 Å². The third kappa shape index (κ3) is 6.26. The maximum absolute atomic E-state index is 13.9. The van der Waals surface area contributed by atoms with Gasteiger partial charge in [0.15, 0.2) is 5.03 Å². The third-order valence-corrected chi connectivity index (χ3v) is 8.69. The van der Waals surface area contributed by atoms with Gasteiger partial charge in [0.05, 0.1) is 21.2 Å². The van der Waals surface area contributed by atoms with Crippen molar-refractivity contribution in [2.45, 2.75) is 5.03 Å². The van der Waals surface area contributed by atoms with E-state index in [4.69, 9.17) is 11.6 Å². The van der Waals surface area contributed by atoms with Crippen LogP contribution in [0.2, 0.25) is 5.02 Å². The quantitative estimate of drug-likeness (QED) is 0.0846. The van der Waals surface area contributed by atoms with Crippen LogP contribution in [0, 0.1) is 26.0 Å². The van der Waals surface area contributed by atoms with Crippen LogP contribution in [-0.4, -0.2) is 41.5 Å². The highest BCUT2D eigenvalue weighted by atomic mass is 35.5. The number of halogens is 2. The number of rotatable bonds is 10. The number of aromatic nitrogens is 2. The van der Waals surface area contributed by atoms with E-state index in [0.717, 1.165) is 51.4 Å². The molecule has 0 fully saturated rings. The molecule has 46 heavy (non-hydrogen) atoms. The summed E-state index contributed by atoms with van der Waals surface area (Å²) in [6.07, 6.45) is 1.43. The molecule has 1 N–H and O–H groups in total. The predicted octanol–water partition coefficient (Wildman–Crippen LogP) is 6.43. The molecule has 0 aliphatic carbocycles. The average Bonchev–Trinajstić information content (AvgIpc) is 3.46. The minimum Gasteiger partial charge on any atom is -0.476 e. The Hall–Kier alpha value is -5.32. The van der Waals surface area contributed by atoms with Crippen LogP contribution in [0.3, 0.4) is 0 Å². The van der Waals surface area contributed by atoms with E-state index < -0.39 is 49.7 Å². The second kappa shape index (κ2) is 13.4. The minimum absolute atomic E-state index is 0.0666. The molecule has 5 rings (SSSR count). The molecule has 17 heteroatoms. The Morgan fingerprint density at radius 1 is 1.09 bits per heavy atom. The Kier molecular flexibility index (Phi) is 9.31. The van der Waals surface area contributed by atoms with Gasteiger partial charge >= 0.3 is 11.7 Å². The van der Waals surface area contributed by atoms with E-state index in [9.17, 15) is 39.3 Å². The van der Waals surface area contributed by atoms with E-state index in [2.05, 4.69) is 16.8 Å². The van der Waals surface area contributed by atoms with E-state index in [1.165, 1.54) is 30.3 Å². The van der Waals surface area contributed by atoms with Crippen molar-refractivity contribution in [3.05, 3.63) is 149 Å². The first kappa shape index (κ1) is 32.1. The molecule has 0 saturated heterocycles. The van der Waals surface area contributed by atoms with Crippen molar-refractivity contribution in [3.8, 4) is 5.69 Å². The summed E-state index contributed by atoms with van der Waals surface area (Å²) in [6.45, 7) is 3.65. The Balaban J connectivity index is 1.89. The monoisotopic (exact) mass is 680 g/mol. The zero-order valence-electron chi connectivity index (χ0n) is 23.1. The molecule has 0 atom stereocenters. The summed E-state index contributed by atoms with van der Waals surface area (Å²) < 4.78 is 14.8. The summed E-state index contributed by atoms with van der Waals surface area (Å²) in [5.41, 5.74) is -3.75. The highest BCUT2D eigenvalue weighted by Crippen LogP contribution is 2.43. The van der Waals surface area contributed by atoms with Crippen molar-refractivity contribution in [2.75, 3.05) is 10.8 Å². The van der Waals surface area contributed by atoms with Gasteiger partial charge < -0.3 is 5.11 Å². The second-order valence-corrected chi connectivity index (χ2v) is 11.5. The number of hydrogen-bond acceptors (Lipinski definition) is 11. The first-order valence-corrected chi connectivity index (χ1v) is 15.0. The number of thioether (sulfide) groups is 2. The largest absolute Gasteiger partial charge is 0.476 e. The van der Waals surface area contributed by atoms with Crippen LogP contribution < -0.4 is 10.4 Å². The van der Waals surface area contributed by atoms with Crippen LogP contribution in [-0.2, 0) is 0 Å². The SMILES string of the molecule is C=CCSc1c(/C(=C2/SC(c3ccccc3)=NN2c2ccc(F)cc2)[N+](=O)[O-])c(=O)c(C(=O)O)nn1-c1ccc(Cl)c([N+](=O)[O-])c1. The summed E-state index contributed by atoms with van der Waals surface area (Å²) in [6, 6.07) is 17.0. The van der Waals surface area contributed by atoms with Crippen LogP contribution in [0.5, 0.6) is 0 Å². The van der Waals surface area contributed by atoms with Gasteiger partial charge in [-0.1, -0.05) is 48.0 Å². The van der Waals surface area contributed by atoms with Crippen LogP contribution in [0.15, 0.2) is 105 Å². The highest BCUT2D eigenvalue weighted by molar-refractivity contribution is 8.18. The fourth-order valence-electron chi connectivity index (χ4n) is 4.25. The van der Waals surface area contributed by atoms with E-state index in [-0.39, 0.29) is 32.2 Å². The van der Waals surface area contributed by atoms with Gasteiger partial charge in [0, 0.05) is 17.4 Å². The fourth-order valence-corrected chi connectivity index (χ4v) is 6.38. The molecule has 3 aromatic carbocycles. The number of anilines is 1. The van der Waals surface area contributed by atoms with Crippen molar-refractivity contribution in [3.63, 3.8) is 0 Å². The second-order valence-electron chi connectivity index (χ2n) is 9.14. The van der Waals surface area contributed by atoms with E-state index in [1.54, 1.807) is 30.3 Å². The predicted molar refractivity (Wildman–Crippen MR) is 173 cm³/mol. The number of nitro benzene ring substituents is 1. The summed E-state index contributed by atoms with van der Waals surface area (Å²) in [5.74, 6) is -2.31. The summed E-state index contributed by atoms with van der Waals surface area (Å²) in [5, 5.41) is 43.9. The van der Waals surface area contributed by atoms with E-state index >= 15 is 0 Å². The Labute approximate surface area is 271 Å². The topological polar surface area (TPSA) is 174 Å². The van der Waals surface area contributed by atoms with Gasteiger partial charge in [0.1, 0.15) is 26.5 Å². The number of benzene rings is 3. The number of hydrazone groups is 1. The molecule has 1 aliphatic rings. The molecule has 4 aromatic rings. The highest BCUT2D eigenvalue weighted by Gasteiger charge is 2.39. The van der Waals surface area contributed by atoms with Crippen molar-refractivity contribution < 1.29 is 24.1 Å². The standard InChI is InChI=1S/C29H18ClFN6O7S2/c1-2-14-45-27-22(25(38)23(29(39)40)32-35(27)19-12-13-20(30)21(15-19)36(41)42)24(37(43)44)28-34(18-10-8-17(31)9-11-18)33-26(46-28)16-6-4-3-5-7-16/h2-13,15H,1,14H2,(H,39,40)/b28-24-. The molecule has 1 aromatic heterocycles. The zero-order chi connectivity index (χ0) is 33.1. The molecule has 0 spiro atoms. The maximum Gasteiger partial charge on any atom is 0.360 e. The molecule has 232 valence electrons. The van der Waals surface area contributed by atoms with Crippen molar-refractivity contribution in [1.29, 1.82) is 0 Å². The Bertz CT molecular complexity index is 2040. The summed E-state index contributed by atoms with van der Waals surface area (Å²) in [7, 11) is 0. The van der Waals surface area contributed by atoms with Gasteiger partial charge in [-0.15, -0.1) is 18.3 Å². The molecule has 0 saturated carbocycles. The molecule has 0 bridgehead atoms. The number of nitrogens with zero attached hydrogens (tertiary/aromatic N) is 6. The lowest BCUT2D eigenvalue weighted by Gasteiger charge is -2.18. The van der Waals surface area contributed by atoms with Gasteiger partial charge in [-0.05, 0) is 48.2 Å². The smallest absolute Gasteiger partial charge is 0.360 e. The molecule has 1 aliphatic heterocycles. The first-order valence-electron chi connectivity index (χ1n) is 12.9. The van der Waals surface area contributed by atoms with Gasteiger partial charge in [-0.2, -0.15) is 10.2 Å². The van der Waals surface area contributed by atoms with Crippen molar-refractivity contribution in [2.24, 2.45) is 5.10 Å². The van der Waals surface area contributed by atoms with Crippen LogP contribution in [0.25, 0.3) is 11.4 Å². The lowest BCUT2D eigenvalue weighted by atomic mass is 10.1. The van der Waals surface area contributed by atoms with Crippen molar-refractivity contribution >= 4 is 63.2 Å². The molecule has 13 nitrogen and oxygen atoms in total. The molecule has 0 amide bonds. The molecule has 0 radical (unpaired) electrons. The fraction of sp³-hybridized carbons (Fsp3) is 0.0345. The lowest BCUT2D eigenvalue weighted by Crippen LogP contribution is -2.29. The van der Waals surface area contributed by atoms with Crippen LogP contribution in [0.1, 0.15) is 21.6 Å². The summed E-state index contributed by atoms with van der Waals surface area (Å²) >= 11 is 7.68. The number of aromatic carboxylic acids is 1. The number of carboxylic acids is 1. The van der Waals surface area contributed by atoms with Gasteiger partial charge in [-0.3, -0.25) is 25.0 Å². The average molecular weight is 681 g/mol. The number of carbonyl (C=O) groups is 1. The van der Waals surface area contributed by atoms with Crippen molar-refractivity contribution in [1.82, 2.24) is 9.78 Å².